The van der Waals surface area contributed by atoms with Gasteiger partial charge in [-0.15, -0.1) is 0 Å². The van der Waals surface area contributed by atoms with E-state index >= 15 is 0 Å². The quantitative estimate of drug-likeness (QED) is 0.865. The number of benzene rings is 1. The van der Waals surface area contributed by atoms with Crippen LogP contribution >= 0.6 is 0 Å². The topological polar surface area (TPSA) is 55.4 Å². The lowest BCUT2D eigenvalue weighted by Gasteiger charge is -2.30. The van der Waals surface area contributed by atoms with Crippen molar-refractivity contribution in [3.05, 3.63) is 35.1 Å². The van der Waals surface area contributed by atoms with Crippen LogP contribution in [0.25, 0.3) is 0 Å². The molecule has 5 heteroatoms. The summed E-state index contributed by atoms with van der Waals surface area (Å²) in [6, 6.07) is 4.27. The van der Waals surface area contributed by atoms with Crippen molar-refractivity contribution in [3.8, 4) is 0 Å². The van der Waals surface area contributed by atoms with Crippen molar-refractivity contribution in [2.24, 2.45) is 5.92 Å². The first kappa shape index (κ1) is 17.4. The van der Waals surface area contributed by atoms with E-state index in [1.165, 1.54) is 25.5 Å². The van der Waals surface area contributed by atoms with Gasteiger partial charge < -0.3 is 10.1 Å². The van der Waals surface area contributed by atoms with Gasteiger partial charge in [0, 0.05) is 6.04 Å². The molecule has 1 aromatic carbocycles. The van der Waals surface area contributed by atoms with Crippen LogP contribution in [0.4, 0.5) is 4.39 Å². The first-order chi connectivity index (χ1) is 10.9. The highest BCUT2D eigenvalue weighted by molar-refractivity contribution is 5.92. The Kier molecular flexibility index (Phi) is 5.74. The molecule has 0 bridgehead atoms. The zero-order valence-corrected chi connectivity index (χ0v) is 13.9. The molecule has 126 valence electrons. The maximum absolute atomic E-state index is 13.5. The molecule has 0 saturated heterocycles. The fourth-order valence-electron chi connectivity index (χ4n) is 2.83. The normalized spacial score (nSPS) is 22.3. The molecule has 1 aromatic rings. The SMILES string of the molecule is Cc1ccc(C(=O)O[C@@H](C)C(=O)N[C@@H]2CCCC[C@@H]2C)cc1F. The minimum atomic E-state index is -0.902. The molecule has 1 fully saturated rings. The number of aryl methyl sites for hydroxylation is 1. The third kappa shape index (κ3) is 4.53. The minimum Gasteiger partial charge on any atom is -0.449 e. The molecule has 0 aliphatic heterocycles. The van der Waals surface area contributed by atoms with Gasteiger partial charge in [-0.1, -0.05) is 25.8 Å². The number of hydrogen-bond acceptors (Lipinski definition) is 3. The van der Waals surface area contributed by atoms with E-state index in [4.69, 9.17) is 4.74 Å². The monoisotopic (exact) mass is 321 g/mol. The lowest BCUT2D eigenvalue weighted by atomic mass is 9.86. The van der Waals surface area contributed by atoms with E-state index in [-0.39, 0.29) is 17.5 Å². The number of ether oxygens (including phenoxy) is 1. The zero-order chi connectivity index (χ0) is 17.0. The Morgan fingerprint density at radius 1 is 1.30 bits per heavy atom. The molecule has 1 saturated carbocycles. The molecule has 0 radical (unpaired) electrons. The van der Waals surface area contributed by atoms with Crippen LogP contribution in [-0.4, -0.2) is 24.0 Å². The van der Waals surface area contributed by atoms with Crippen LogP contribution in [0.15, 0.2) is 18.2 Å². The Labute approximate surface area is 136 Å². The molecule has 1 N–H and O–H groups in total. The average molecular weight is 321 g/mol. The lowest BCUT2D eigenvalue weighted by Crippen LogP contribution is -2.46. The Hall–Kier alpha value is -1.91. The van der Waals surface area contributed by atoms with E-state index in [0.29, 0.717) is 11.5 Å². The molecule has 2 rings (SSSR count). The van der Waals surface area contributed by atoms with Gasteiger partial charge in [-0.3, -0.25) is 4.79 Å². The molecule has 0 heterocycles. The van der Waals surface area contributed by atoms with E-state index < -0.39 is 17.9 Å². The molecular formula is C18H24FNO3. The van der Waals surface area contributed by atoms with E-state index in [9.17, 15) is 14.0 Å². The van der Waals surface area contributed by atoms with E-state index in [0.717, 1.165) is 25.3 Å². The van der Waals surface area contributed by atoms with Crippen molar-refractivity contribution in [2.75, 3.05) is 0 Å². The van der Waals surface area contributed by atoms with Gasteiger partial charge >= 0.3 is 5.97 Å². The third-order valence-corrected chi connectivity index (χ3v) is 4.50. The summed E-state index contributed by atoms with van der Waals surface area (Å²) in [4.78, 5) is 24.2. The average Bonchev–Trinajstić information content (AvgIpc) is 2.52. The molecule has 1 aliphatic carbocycles. The van der Waals surface area contributed by atoms with Gasteiger partial charge in [-0.2, -0.15) is 0 Å². The van der Waals surface area contributed by atoms with Gasteiger partial charge in [-0.25, -0.2) is 9.18 Å². The number of carbonyl (C=O) groups is 2. The summed E-state index contributed by atoms with van der Waals surface area (Å²) in [6.45, 7) is 5.27. The number of amides is 1. The third-order valence-electron chi connectivity index (χ3n) is 4.50. The highest BCUT2D eigenvalue weighted by Gasteiger charge is 2.26. The predicted molar refractivity (Wildman–Crippen MR) is 85.6 cm³/mol. The first-order valence-electron chi connectivity index (χ1n) is 8.16. The molecule has 0 unspecified atom stereocenters. The summed E-state index contributed by atoms with van der Waals surface area (Å²) in [6.07, 6.45) is 3.45. The van der Waals surface area contributed by atoms with Crippen molar-refractivity contribution < 1.29 is 18.7 Å². The number of hydrogen-bond donors (Lipinski definition) is 1. The van der Waals surface area contributed by atoms with E-state index in [1.807, 2.05) is 0 Å². The molecule has 23 heavy (non-hydrogen) atoms. The van der Waals surface area contributed by atoms with Gasteiger partial charge in [0.1, 0.15) is 5.82 Å². The van der Waals surface area contributed by atoms with Gasteiger partial charge in [0.05, 0.1) is 5.56 Å². The highest BCUT2D eigenvalue weighted by atomic mass is 19.1. The highest BCUT2D eigenvalue weighted by Crippen LogP contribution is 2.23. The van der Waals surface area contributed by atoms with Gasteiger partial charge in [0.15, 0.2) is 6.10 Å². The summed E-state index contributed by atoms with van der Waals surface area (Å²) < 4.78 is 18.7. The Bertz CT molecular complexity index is 588. The predicted octanol–water partition coefficient (Wildman–Crippen LogP) is 3.37. The Morgan fingerprint density at radius 3 is 2.65 bits per heavy atom. The summed E-state index contributed by atoms with van der Waals surface area (Å²) >= 11 is 0. The van der Waals surface area contributed by atoms with Crippen LogP contribution in [0, 0.1) is 18.7 Å². The van der Waals surface area contributed by atoms with Gasteiger partial charge in [0.2, 0.25) is 0 Å². The number of nitrogens with one attached hydrogen (secondary N) is 1. The van der Waals surface area contributed by atoms with Crippen molar-refractivity contribution in [1.82, 2.24) is 5.32 Å². The molecule has 0 spiro atoms. The minimum absolute atomic E-state index is 0.110. The van der Waals surface area contributed by atoms with E-state index in [1.54, 1.807) is 6.92 Å². The molecule has 0 aromatic heterocycles. The van der Waals surface area contributed by atoms with Crippen LogP contribution in [0.5, 0.6) is 0 Å². The molecule has 1 aliphatic rings. The van der Waals surface area contributed by atoms with Crippen molar-refractivity contribution >= 4 is 11.9 Å². The zero-order valence-electron chi connectivity index (χ0n) is 13.9. The first-order valence-corrected chi connectivity index (χ1v) is 8.16. The molecular weight excluding hydrogens is 297 g/mol. The number of halogens is 1. The summed E-state index contributed by atoms with van der Waals surface area (Å²) in [5.41, 5.74) is 0.567. The standard InChI is InChI=1S/C18H24FNO3/c1-11-8-9-14(10-15(11)19)18(22)23-13(3)17(21)20-16-7-5-4-6-12(16)2/h8-10,12-13,16H,4-7H2,1-3H3,(H,20,21)/t12-,13-,16+/m0/s1. The summed E-state index contributed by atoms with van der Waals surface area (Å²) in [5, 5.41) is 2.96. The Balaban J connectivity index is 1.92. The maximum Gasteiger partial charge on any atom is 0.339 e. The summed E-state index contributed by atoms with van der Waals surface area (Å²) in [7, 11) is 0. The van der Waals surface area contributed by atoms with Gasteiger partial charge in [-0.05, 0) is 50.3 Å². The largest absolute Gasteiger partial charge is 0.449 e. The van der Waals surface area contributed by atoms with Crippen molar-refractivity contribution in [1.29, 1.82) is 0 Å². The van der Waals surface area contributed by atoms with Crippen LogP contribution < -0.4 is 5.32 Å². The molecule has 4 nitrogen and oxygen atoms in total. The summed E-state index contributed by atoms with van der Waals surface area (Å²) in [5.74, 6) is -1.03. The van der Waals surface area contributed by atoms with Crippen LogP contribution in [0.1, 0.15) is 55.5 Å². The van der Waals surface area contributed by atoms with Crippen LogP contribution in [0.2, 0.25) is 0 Å². The number of carbonyl (C=O) groups excluding carboxylic acids is 2. The van der Waals surface area contributed by atoms with Crippen LogP contribution in [0.3, 0.4) is 0 Å². The Morgan fingerprint density at radius 2 is 2.00 bits per heavy atom. The van der Waals surface area contributed by atoms with Crippen LogP contribution in [-0.2, 0) is 9.53 Å². The number of rotatable bonds is 4. The molecule has 1 amide bonds. The van der Waals surface area contributed by atoms with E-state index in [2.05, 4.69) is 12.2 Å². The lowest BCUT2D eigenvalue weighted by molar-refractivity contribution is -0.130. The van der Waals surface area contributed by atoms with Crippen molar-refractivity contribution in [3.63, 3.8) is 0 Å². The second kappa shape index (κ2) is 7.57. The fourth-order valence-corrected chi connectivity index (χ4v) is 2.83. The fraction of sp³-hybridized carbons (Fsp3) is 0.556. The maximum atomic E-state index is 13.5. The second-order valence-electron chi connectivity index (χ2n) is 6.39. The smallest absolute Gasteiger partial charge is 0.339 e. The second-order valence-corrected chi connectivity index (χ2v) is 6.39. The molecule has 3 atom stereocenters. The van der Waals surface area contributed by atoms with Crippen molar-refractivity contribution in [2.45, 2.75) is 58.6 Å². The number of esters is 1. The van der Waals surface area contributed by atoms with Gasteiger partial charge in [0.25, 0.3) is 5.91 Å².